The van der Waals surface area contributed by atoms with Crippen LogP contribution in [-0.2, 0) is 9.59 Å². The van der Waals surface area contributed by atoms with Crippen molar-refractivity contribution in [2.75, 3.05) is 6.54 Å². The van der Waals surface area contributed by atoms with Crippen molar-refractivity contribution in [3.05, 3.63) is 0 Å². The number of carbonyl (C=O) groups excluding carboxylic acids is 1. The number of nitrogens with one attached hydrogen (secondary N) is 2. The molecule has 0 aromatic heterocycles. The van der Waals surface area contributed by atoms with Gasteiger partial charge in [-0.2, -0.15) is 0 Å². The first kappa shape index (κ1) is 13.3. The SMILES string of the molecule is O=C1CC(NC2CCCC(C(=O)O)C2)CCCN1. The molecule has 2 aliphatic rings. The summed E-state index contributed by atoms with van der Waals surface area (Å²) in [6.07, 6.45) is 6.00. The lowest BCUT2D eigenvalue weighted by atomic mass is 9.85. The van der Waals surface area contributed by atoms with Crippen LogP contribution in [0, 0.1) is 5.92 Å². The summed E-state index contributed by atoms with van der Waals surface area (Å²) >= 11 is 0. The van der Waals surface area contributed by atoms with Crippen LogP contribution in [0.25, 0.3) is 0 Å². The third-order valence-electron chi connectivity index (χ3n) is 3.98. The Morgan fingerprint density at radius 3 is 2.78 bits per heavy atom. The van der Waals surface area contributed by atoms with E-state index in [1.165, 1.54) is 0 Å². The molecule has 1 aliphatic heterocycles. The standard InChI is InChI=1S/C13H22N2O3/c16-12-8-11(5-2-6-14-12)15-10-4-1-3-9(7-10)13(17)18/h9-11,15H,1-8H2,(H,14,16)(H,17,18). The maximum atomic E-state index is 11.5. The highest BCUT2D eigenvalue weighted by Crippen LogP contribution is 2.25. The monoisotopic (exact) mass is 254 g/mol. The molecule has 18 heavy (non-hydrogen) atoms. The second-order valence-corrected chi connectivity index (χ2v) is 5.46. The number of hydrogen-bond acceptors (Lipinski definition) is 3. The van der Waals surface area contributed by atoms with Crippen molar-refractivity contribution in [1.29, 1.82) is 0 Å². The molecule has 0 spiro atoms. The maximum absolute atomic E-state index is 11.5. The number of carbonyl (C=O) groups is 2. The predicted molar refractivity (Wildman–Crippen MR) is 67.2 cm³/mol. The van der Waals surface area contributed by atoms with Gasteiger partial charge in [-0.15, -0.1) is 0 Å². The third kappa shape index (κ3) is 3.70. The van der Waals surface area contributed by atoms with Crippen LogP contribution in [0.3, 0.4) is 0 Å². The lowest BCUT2D eigenvalue weighted by molar-refractivity contribution is -0.143. The molecular formula is C13H22N2O3. The van der Waals surface area contributed by atoms with Crippen molar-refractivity contribution in [1.82, 2.24) is 10.6 Å². The minimum absolute atomic E-state index is 0.107. The van der Waals surface area contributed by atoms with E-state index in [-0.39, 0.29) is 23.9 Å². The van der Waals surface area contributed by atoms with E-state index >= 15 is 0 Å². The molecule has 1 saturated heterocycles. The second-order valence-electron chi connectivity index (χ2n) is 5.46. The topological polar surface area (TPSA) is 78.4 Å². The van der Waals surface area contributed by atoms with E-state index < -0.39 is 5.97 Å². The summed E-state index contributed by atoms with van der Waals surface area (Å²) in [6.45, 7) is 0.763. The zero-order valence-corrected chi connectivity index (χ0v) is 10.7. The van der Waals surface area contributed by atoms with Gasteiger partial charge in [0.25, 0.3) is 0 Å². The molecule has 0 bridgehead atoms. The summed E-state index contributed by atoms with van der Waals surface area (Å²) in [5, 5.41) is 15.4. The first-order chi connectivity index (χ1) is 8.65. The number of carboxylic acid groups (broad SMARTS) is 1. The Kier molecular flexibility index (Phi) is 4.58. The van der Waals surface area contributed by atoms with E-state index in [0.29, 0.717) is 12.8 Å². The minimum atomic E-state index is -0.680. The highest BCUT2D eigenvalue weighted by atomic mass is 16.4. The van der Waals surface area contributed by atoms with Gasteiger partial charge in [-0.1, -0.05) is 6.42 Å². The van der Waals surface area contributed by atoms with Gasteiger partial charge in [0.05, 0.1) is 5.92 Å². The van der Waals surface area contributed by atoms with Crippen LogP contribution in [0.1, 0.15) is 44.9 Å². The molecule has 0 aromatic carbocycles. The lowest BCUT2D eigenvalue weighted by Gasteiger charge is -2.30. The van der Waals surface area contributed by atoms with Gasteiger partial charge in [0.2, 0.25) is 5.91 Å². The molecule has 1 aliphatic carbocycles. The number of amides is 1. The van der Waals surface area contributed by atoms with Crippen LogP contribution in [0.15, 0.2) is 0 Å². The Bertz CT molecular complexity index is 319. The molecule has 5 nitrogen and oxygen atoms in total. The molecule has 1 amide bonds. The van der Waals surface area contributed by atoms with Crippen molar-refractivity contribution in [3.63, 3.8) is 0 Å². The van der Waals surface area contributed by atoms with Gasteiger partial charge in [-0.3, -0.25) is 9.59 Å². The number of carboxylic acids is 1. The van der Waals surface area contributed by atoms with Crippen LogP contribution in [0.4, 0.5) is 0 Å². The quantitative estimate of drug-likeness (QED) is 0.699. The maximum Gasteiger partial charge on any atom is 0.306 e. The van der Waals surface area contributed by atoms with E-state index in [9.17, 15) is 9.59 Å². The van der Waals surface area contributed by atoms with Crippen molar-refractivity contribution < 1.29 is 14.7 Å². The van der Waals surface area contributed by atoms with Gasteiger partial charge < -0.3 is 15.7 Å². The van der Waals surface area contributed by atoms with Crippen molar-refractivity contribution in [2.45, 2.75) is 57.0 Å². The molecule has 5 heteroatoms. The Hall–Kier alpha value is -1.10. The Labute approximate surface area is 107 Å². The lowest BCUT2D eigenvalue weighted by Crippen LogP contribution is -2.43. The largest absolute Gasteiger partial charge is 0.481 e. The smallest absolute Gasteiger partial charge is 0.306 e. The van der Waals surface area contributed by atoms with Crippen LogP contribution in [0.2, 0.25) is 0 Å². The zero-order valence-electron chi connectivity index (χ0n) is 10.7. The Balaban J connectivity index is 1.84. The fourth-order valence-corrected chi connectivity index (χ4v) is 3.02. The zero-order chi connectivity index (χ0) is 13.0. The van der Waals surface area contributed by atoms with E-state index in [1.54, 1.807) is 0 Å². The molecule has 3 N–H and O–H groups in total. The molecular weight excluding hydrogens is 232 g/mol. The molecule has 0 radical (unpaired) electrons. The average molecular weight is 254 g/mol. The summed E-state index contributed by atoms with van der Waals surface area (Å²) in [7, 11) is 0. The van der Waals surface area contributed by atoms with E-state index in [0.717, 1.165) is 38.6 Å². The van der Waals surface area contributed by atoms with Crippen molar-refractivity contribution in [3.8, 4) is 0 Å². The average Bonchev–Trinajstić information content (AvgIpc) is 2.54. The minimum Gasteiger partial charge on any atom is -0.481 e. The fraction of sp³-hybridized carbons (Fsp3) is 0.846. The summed E-state index contributed by atoms with van der Waals surface area (Å²) < 4.78 is 0. The van der Waals surface area contributed by atoms with Crippen LogP contribution < -0.4 is 10.6 Å². The van der Waals surface area contributed by atoms with Gasteiger partial charge in [0, 0.05) is 25.0 Å². The first-order valence-electron chi connectivity index (χ1n) is 6.90. The van der Waals surface area contributed by atoms with Gasteiger partial charge in [0.15, 0.2) is 0 Å². The molecule has 3 atom stereocenters. The fourth-order valence-electron chi connectivity index (χ4n) is 3.02. The molecule has 1 saturated carbocycles. The van der Waals surface area contributed by atoms with Gasteiger partial charge in [-0.25, -0.2) is 0 Å². The van der Waals surface area contributed by atoms with E-state index in [1.807, 2.05) is 0 Å². The highest BCUT2D eigenvalue weighted by molar-refractivity contribution is 5.76. The molecule has 102 valence electrons. The van der Waals surface area contributed by atoms with Crippen molar-refractivity contribution >= 4 is 11.9 Å². The normalized spacial score (nSPS) is 33.6. The second kappa shape index (κ2) is 6.18. The molecule has 2 fully saturated rings. The van der Waals surface area contributed by atoms with E-state index in [4.69, 9.17) is 5.11 Å². The van der Waals surface area contributed by atoms with E-state index in [2.05, 4.69) is 10.6 Å². The van der Waals surface area contributed by atoms with Crippen molar-refractivity contribution in [2.24, 2.45) is 5.92 Å². The summed E-state index contributed by atoms with van der Waals surface area (Å²) in [5.74, 6) is -0.786. The van der Waals surface area contributed by atoms with Crippen LogP contribution in [-0.4, -0.2) is 35.6 Å². The third-order valence-corrected chi connectivity index (χ3v) is 3.98. The van der Waals surface area contributed by atoms with Gasteiger partial charge >= 0.3 is 5.97 Å². The van der Waals surface area contributed by atoms with Crippen LogP contribution in [0.5, 0.6) is 0 Å². The highest BCUT2D eigenvalue weighted by Gasteiger charge is 2.29. The first-order valence-corrected chi connectivity index (χ1v) is 6.90. The molecule has 1 heterocycles. The summed E-state index contributed by atoms with van der Waals surface area (Å²) in [5.41, 5.74) is 0. The molecule has 0 aromatic rings. The molecule has 3 unspecified atom stereocenters. The number of rotatable bonds is 3. The summed E-state index contributed by atoms with van der Waals surface area (Å²) in [4.78, 5) is 22.5. The Morgan fingerprint density at radius 2 is 2.00 bits per heavy atom. The Morgan fingerprint density at radius 1 is 1.22 bits per heavy atom. The predicted octanol–water partition coefficient (Wildman–Crippen LogP) is 0.888. The summed E-state index contributed by atoms with van der Waals surface area (Å²) in [6, 6.07) is 0.473. The molecule has 2 rings (SSSR count). The number of hydrogen-bond donors (Lipinski definition) is 3. The number of aliphatic carboxylic acids is 1. The van der Waals surface area contributed by atoms with Gasteiger partial charge in [0.1, 0.15) is 0 Å². The van der Waals surface area contributed by atoms with Crippen LogP contribution >= 0.6 is 0 Å². The van der Waals surface area contributed by atoms with Gasteiger partial charge in [-0.05, 0) is 32.1 Å².